The minimum absolute atomic E-state index is 0.0231. The van der Waals surface area contributed by atoms with Crippen molar-refractivity contribution in [3.05, 3.63) is 0 Å². The van der Waals surface area contributed by atoms with Crippen LogP contribution >= 0.6 is 0 Å². The first-order valence-corrected chi connectivity index (χ1v) is 7.55. The Balaban J connectivity index is -0.000000336. The summed E-state index contributed by atoms with van der Waals surface area (Å²) >= 11 is 0. The lowest BCUT2D eigenvalue weighted by atomic mass is 10.2. The molecule has 0 aliphatic carbocycles. The Kier molecular flexibility index (Phi) is 16.3. The van der Waals surface area contributed by atoms with Crippen molar-refractivity contribution in [2.24, 2.45) is 17.2 Å². The Morgan fingerprint density at radius 1 is 0.893 bits per heavy atom. The van der Waals surface area contributed by atoms with Crippen LogP contribution in [0.5, 0.6) is 0 Å². The number of carboxylic acids is 2. The van der Waals surface area contributed by atoms with Crippen molar-refractivity contribution in [2.45, 2.75) is 18.9 Å². The molecule has 0 aliphatic rings. The Morgan fingerprint density at radius 2 is 1.21 bits per heavy atom. The molecule has 0 saturated heterocycles. The molecule has 0 aromatic heterocycles. The number of rotatable bonds is 4. The normalized spacial score (nSPS) is 9.75. The Morgan fingerprint density at radius 3 is 1.36 bits per heavy atom. The van der Waals surface area contributed by atoms with Gasteiger partial charge in [0.2, 0.25) is 0 Å². The summed E-state index contributed by atoms with van der Waals surface area (Å²) in [5.41, 5.74) is 14.9. The molecule has 1 atom stereocenters. The van der Waals surface area contributed by atoms with Crippen LogP contribution in [0.2, 0.25) is 0 Å². The molecule has 0 aliphatic heterocycles. The van der Waals surface area contributed by atoms with Crippen LogP contribution in [0.1, 0.15) is 12.8 Å². The average Bonchev–Trinajstić information content (AvgIpc) is 2.52. The molecule has 0 bridgehead atoms. The predicted octanol–water partition coefficient (Wildman–Crippen LogP) is -2.81. The number of aliphatic carboxylic acids is 2. The molecule has 0 unspecified atom stereocenters. The first-order chi connectivity index (χ1) is 12.6. The van der Waals surface area contributed by atoms with E-state index in [1.807, 2.05) is 0 Å². The largest absolute Gasteiger partial charge is 0.481 e. The fourth-order valence-corrected chi connectivity index (χ4v) is 0.881. The highest BCUT2D eigenvalue weighted by Gasteiger charge is 2.12. The van der Waals surface area contributed by atoms with E-state index in [9.17, 15) is 9.59 Å². The summed E-state index contributed by atoms with van der Waals surface area (Å²) in [4.78, 5) is 22.9. The molecule has 162 valence electrons. The molecule has 0 amide bonds. The second kappa shape index (κ2) is 15.6. The molecule has 0 fully saturated rings. The minimum Gasteiger partial charge on any atom is -0.481 e. The summed E-state index contributed by atoms with van der Waals surface area (Å²) in [5, 5.41) is 48.5. The van der Waals surface area contributed by atoms with Crippen LogP contribution in [0, 0.1) is 21.6 Å². The third-order valence-electron chi connectivity index (χ3n) is 2.39. The molecule has 28 heavy (non-hydrogen) atoms. The average molecular weight is 405 g/mol. The molecule has 0 aromatic carbocycles. The SMILES string of the molecule is CN(C)C(=N)NC(=N)N.CN(C)C(=N)NC(=N)N.N[C@@H](CCC(=O)O)C(=O)O. The van der Waals surface area contributed by atoms with Gasteiger partial charge in [0.15, 0.2) is 23.8 Å². The molecule has 0 rings (SSSR count). The third-order valence-corrected chi connectivity index (χ3v) is 2.39. The van der Waals surface area contributed by atoms with Crippen molar-refractivity contribution in [1.29, 1.82) is 21.6 Å². The maximum Gasteiger partial charge on any atom is 0.320 e. The van der Waals surface area contributed by atoms with Crippen LogP contribution < -0.4 is 27.8 Å². The quantitative estimate of drug-likeness (QED) is 0.168. The van der Waals surface area contributed by atoms with E-state index in [4.69, 9.17) is 49.1 Å². The van der Waals surface area contributed by atoms with Crippen LogP contribution in [0.15, 0.2) is 0 Å². The molecule has 0 aromatic rings. The van der Waals surface area contributed by atoms with Crippen molar-refractivity contribution in [3.8, 4) is 0 Å². The molecular weight excluding hydrogens is 374 g/mol. The van der Waals surface area contributed by atoms with Gasteiger partial charge in [0, 0.05) is 34.6 Å². The maximum atomic E-state index is 9.99. The van der Waals surface area contributed by atoms with Crippen molar-refractivity contribution >= 4 is 35.8 Å². The van der Waals surface area contributed by atoms with E-state index in [1.54, 1.807) is 28.2 Å². The van der Waals surface area contributed by atoms with Gasteiger partial charge in [-0.2, -0.15) is 0 Å². The first kappa shape index (κ1) is 29.2. The molecule has 0 radical (unpaired) electrons. The van der Waals surface area contributed by atoms with Crippen molar-refractivity contribution in [3.63, 3.8) is 0 Å². The molecular formula is C13H31N11O4. The highest BCUT2D eigenvalue weighted by atomic mass is 16.4. The Labute approximate surface area is 162 Å². The van der Waals surface area contributed by atoms with Crippen molar-refractivity contribution in [1.82, 2.24) is 20.4 Å². The van der Waals surface area contributed by atoms with E-state index in [0.717, 1.165) is 0 Å². The lowest BCUT2D eigenvalue weighted by molar-refractivity contribution is -0.139. The zero-order valence-electron chi connectivity index (χ0n) is 16.3. The summed E-state index contributed by atoms with van der Waals surface area (Å²) in [7, 11) is 6.77. The lowest BCUT2D eigenvalue weighted by Gasteiger charge is -2.13. The van der Waals surface area contributed by atoms with Gasteiger partial charge in [0.05, 0.1) is 0 Å². The monoisotopic (exact) mass is 405 g/mol. The van der Waals surface area contributed by atoms with E-state index in [0.29, 0.717) is 0 Å². The summed E-state index contributed by atoms with van der Waals surface area (Å²) in [5.74, 6) is -2.40. The number of nitrogens with zero attached hydrogens (tertiary/aromatic N) is 2. The van der Waals surface area contributed by atoms with Gasteiger partial charge in [-0.05, 0) is 6.42 Å². The maximum absolute atomic E-state index is 9.99. The van der Waals surface area contributed by atoms with Gasteiger partial charge in [-0.1, -0.05) is 0 Å². The summed E-state index contributed by atoms with van der Waals surface area (Å²) in [6.45, 7) is 0. The third kappa shape index (κ3) is 22.4. The highest BCUT2D eigenvalue weighted by Crippen LogP contribution is 1.93. The van der Waals surface area contributed by atoms with Crippen LogP contribution in [-0.4, -0.2) is 90.0 Å². The molecule has 14 N–H and O–H groups in total. The van der Waals surface area contributed by atoms with E-state index in [2.05, 4.69) is 10.6 Å². The number of nitrogens with one attached hydrogen (secondary N) is 6. The zero-order valence-corrected chi connectivity index (χ0v) is 16.3. The minimum atomic E-state index is -1.17. The standard InChI is InChI=1S/C5H9NO4.2C4H11N5/c6-3(5(9)10)1-2-4(7)8;2*1-9(2)4(7)8-3(5)6/h3H,1-2,6H2,(H,7,8)(H,9,10);2*1-2H3,(H5,5,6,7,8)/t3-;;/m0../s1. The summed E-state index contributed by atoms with van der Waals surface area (Å²) in [6.07, 6.45) is -0.224. The molecule has 0 saturated carbocycles. The van der Waals surface area contributed by atoms with Gasteiger partial charge >= 0.3 is 11.9 Å². The number of hydrogen-bond donors (Lipinski definition) is 11. The fourth-order valence-electron chi connectivity index (χ4n) is 0.881. The summed E-state index contributed by atoms with van der Waals surface area (Å²) in [6, 6.07) is -1.06. The lowest BCUT2D eigenvalue weighted by Crippen LogP contribution is -2.42. The van der Waals surface area contributed by atoms with Gasteiger partial charge in [0.25, 0.3) is 0 Å². The van der Waals surface area contributed by atoms with E-state index < -0.39 is 18.0 Å². The van der Waals surface area contributed by atoms with Crippen LogP contribution in [0.25, 0.3) is 0 Å². The highest BCUT2D eigenvalue weighted by molar-refractivity contribution is 5.95. The number of guanidine groups is 4. The topological polar surface area (TPSA) is 279 Å². The fraction of sp³-hybridized carbons (Fsp3) is 0.538. The van der Waals surface area contributed by atoms with E-state index >= 15 is 0 Å². The zero-order chi connectivity index (χ0) is 23.0. The second-order valence-electron chi connectivity index (χ2n) is 5.44. The number of nitrogens with two attached hydrogens (primary N) is 3. The van der Waals surface area contributed by atoms with Crippen LogP contribution in [0.4, 0.5) is 0 Å². The molecule has 0 heterocycles. The van der Waals surface area contributed by atoms with E-state index in [-0.39, 0.29) is 36.7 Å². The van der Waals surface area contributed by atoms with Gasteiger partial charge < -0.3 is 37.2 Å². The Bertz CT molecular complexity index is 531. The van der Waals surface area contributed by atoms with Gasteiger partial charge in [-0.3, -0.25) is 41.9 Å². The van der Waals surface area contributed by atoms with Gasteiger partial charge in [0.1, 0.15) is 6.04 Å². The van der Waals surface area contributed by atoms with Crippen molar-refractivity contribution in [2.75, 3.05) is 28.2 Å². The molecule has 15 nitrogen and oxygen atoms in total. The first-order valence-electron chi connectivity index (χ1n) is 7.55. The number of carboxylic acid groups (broad SMARTS) is 2. The van der Waals surface area contributed by atoms with Crippen molar-refractivity contribution < 1.29 is 19.8 Å². The summed E-state index contributed by atoms with van der Waals surface area (Å²) < 4.78 is 0. The molecule has 15 heteroatoms. The Hall–Kier alpha value is -3.62. The predicted molar refractivity (Wildman–Crippen MR) is 105 cm³/mol. The van der Waals surface area contributed by atoms with Gasteiger partial charge in [-0.25, -0.2) is 0 Å². The molecule has 0 spiro atoms. The van der Waals surface area contributed by atoms with E-state index in [1.165, 1.54) is 9.80 Å². The number of hydrogen-bond acceptors (Lipinski definition) is 7. The smallest absolute Gasteiger partial charge is 0.320 e. The van der Waals surface area contributed by atoms with Crippen LogP contribution in [-0.2, 0) is 9.59 Å². The second-order valence-corrected chi connectivity index (χ2v) is 5.44. The van der Waals surface area contributed by atoms with Gasteiger partial charge in [-0.15, -0.1) is 0 Å². The van der Waals surface area contributed by atoms with Crippen LogP contribution in [0.3, 0.4) is 0 Å². The number of carbonyl (C=O) groups is 2.